The molecular weight excluding hydrogens is 369 g/mol. The molecule has 1 amide bonds. The summed E-state index contributed by atoms with van der Waals surface area (Å²) < 4.78 is 21.3. The van der Waals surface area contributed by atoms with Gasteiger partial charge >= 0.3 is 0 Å². The standard InChI is InChI=1S/C23H20FN3O2/c1-16-13-25-22-12-18(9-10-27(16)22)23(28)26-14-17-5-4-7-20(11-17)29-15-19-6-2-3-8-21(19)24/h2-13H,14-15H2,1H3,(H,26,28). The molecule has 1 N–H and O–H groups in total. The quantitative estimate of drug-likeness (QED) is 0.535. The van der Waals surface area contributed by atoms with Crippen molar-refractivity contribution < 1.29 is 13.9 Å². The highest BCUT2D eigenvalue weighted by Gasteiger charge is 2.09. The fraction of sp³-hybridized carbons (Fsp3) is 0.130. The highest BCUT2D eigenvalue weighted by molar-refractivity contribution is 5.95. The smallest absolute Gasteiger partial charge is 0.251 e. The Morgan fingerprint density at radius 3 is 2.86 bits per heavy atom. The van der Waals surface area contributed by atoms with Crippen LogP contribution >= 0.6 is 0 Å². The predicted molar refractivity (Wildman–Crippen MR) is 108 cm³/mol. The summed E-state index contributed by atoms with van der Waals surface area (Å²) in [5, 5.41) is 2.91. The van der Waals surface area contributed by atoms with E-state index in [1.54, 1.807) is 42.6 Å². The second kappa shape index (κ2) is 8.14. The summed E-state index contributed by atoms with van der Waals surface area (Å²) in [6.45, 7) is 2.46. The van der Waals surface area contributed by atoms with E-state index in [4.69, 9.17) is 4.74 Å². The molecule has 0 saturated carbocycles. The van der Waals surface area contributed by atoms with Crippen molar-refractivity contribution in [1.82, 2.24) is 14.7 Å². The van der Waals surface area contributed by atoms with Gasteiger partial charge in [-0.25, -0.2) is 9.37 Å². The Balaban J connectivity index is 1.38. The van der Waals surface area contributed by atoms with Crippen molar-refractivity contribution in [3.8, 4) is 5.75 Å². The summed E-state index contributed by atoms with van der Waals surface area (Å²) in [7, 11) is 0. The largest absolute Gasteiger partial charge is 0.489 e. The Morgan fingerprint density at radius 1 is 1.14 bits per heavy atom. The number of benzene rings is 2. The van der Waals surface area contributed by atoms with Gasteiger partial charge in [0.05, 0.1) is 0 Å². The third-order valence-electron chi connectivity index (χ3n) is 4.66. The lowest BCUT2D eigenvalue weighted by molar-refractivity contribution is 0.0951. The van der Waals surface area contributed by atoms with Crippen LogP contribution in [0.2, 0.25) is 0 Å². The van der Waals surface area contributed by atoms with E-state index < -0.39 is 0 Å². The number of nitrogens with zero attached hydrogens (tertiary/aromatic N) is 2. The number of imidazole rings is 1. The number of ether oxygens (including phenoxy) is 1. The number of carbonyl (C=O) groups is 1. The molecule has 0 fully saturated rings. The maximum absolute atomic E-state index is 13.7. The molecule has 0 aliphatic rings. The number of halogens is 1. The number of amides is 1. The van der Waals surface area contributed by atoms with Crippen molar-refractivity contribution in [3.63, 3.8) is 0 Å². The summed E-state index contributed by atoms with van der Waals surface area (Å²) in [5.74, 6) is 0.153. The molecule has 2 aromatic carbocycles. The molecular formula is C23H20FN3O2. The van der Waals surface area contributed by atoms with Gasteiger partial charge in [0.25, 0.3) is 5.91 Å². The van der Waals surface area contributed by atoms with Crippen molar-refractivity contribution >= 4 is 11.6 Å². The molecule has 0 saturated heterocycles. The monoisotopic (exact) mass is 389 g/mol. The van der Waals surface area contributed by atoms with Crippen LogP contribution in [0.5, 0.6) is 5.75 Å². The molecule has 2 heterocycles. The van der Waals surface area contributed by atoms with Crippen LogP contribution in [0, 0.1) is 12.7 Å². The molecule has 0 spiro atoms. The van der Waals surface area contributed by atoms with Gasteiger partial charge in [0.2, 0.25) is 0 Å². The minimum atomic E-state index is -0.291. The number of aryl methyl sites for hydroxylation is 1. The number of rotatable bonds is 6. The normalized spacial score (nSPS) is 10.8. The Kier molecular flexibility index (Phi) is 5.24. The van der Waals surface area contributed by atoms with Crippen molar-refractivity contribution in [2.24, 2.45) is 0 Å². The van der Waals surface area contributed by atoms with E-state index in [1.807, 2.05) is 35.7 Å². The first kappa shape index (κ1) is 18.7. The lowest BCUT2D eigenvalue weighted by Crippen LogP contribution is -2.22. The summed E-state index contributed by atoms with van der Waals surface area (Å²) in [5.41, 5.74) is 3.69. The SMILES string of the molecule is Cc1cnc2cc(C(=O)NCc3cccc(OCc4ccccc4F)c3)ccn12. The van der Waals surface area contributed by atoms with Crippen molar-refractivity contribution in [3.05, 3.63) is 101 Å². The van der Waals surface area contributed by atoms with E-state index in [2.05, 4.69) is 10.3 Å². The predicted octanol–water partition coefficient (Wildman–Crippen LogP) is 4.29. The van der Waals surface area contributed by atoms with Crippen molar-refractivity contribution in [2.45, 2.75) is 20.1 Å². The Bertz CT molecular complexity index is 1170. The number of hydrogen-bond donors (Lipinski definition) is 1. The first-order chi connectivity index (χ1) is 14.1. The van der Waals surface area contributed by atoms with Gasteiger partial charge in [-0.05, 0) is 42.8 Å². The maximum Gasteiger partial charge on any atom is 0.251 e. The minimum absolute atomic E-state index is 0.145. The van der Waals surface area contributed by atoms with Gasteiger partial charge < -0.3 is 14.5 Å². The van der Waals surface area contributed by atoms with Crippen LogP contribution in [0.15, 0.2) is 73.1 Å². The van der Waals surface area contributed by atoms with Gasteiger partial charge in [0.15, 0.2) is 0 Å². The minimum Gasteiger partial charge on any atom is -0.489 e. The molecule has 0 aliphatic heterocycles. The van der Waals surface area contributed by atoms with E-state index in [0.717, 1.165) is 16.9 Å². The zero-order valence-electron chi connectivity index (χ0n) is 15.9. The van der Waals surface area contributed by atoms with Crippen LogP contribution in [0.3, 0.4) is 0 Å². The fourth-order valence-corrected chi connectivity index (χ4v) is 3.05. The Labute approximate surface area is 167 Å². The van der Waals surface area contributed by atoms with Crippen LogP contribution in [-0.2, 0) is 13.2 Å². The maximum atomic E-state index is 13.7. The zero-order valence-corrected chi connectivity index (χ0v) is 15.9. The second-order valence-corrected chi connectivity index (χ2v) is 6.75. The highest BCUT2D eigenvalue weighted by Crippen LogP contribution is 2.17. The van der Waals surface area contributed by atoms with Crippen LogP contribution in [0.4, 0.5) is 4.39 Å². The molecule has 4 rings (SSSR count). The fourth-order valence-electron chi connectivity index (χ4n) is 3.05. The molecule has 2 aromatic heterocycles. The molecule has 29 heavy (non-hydrogen) atoms. The van der Waals surface area contributed by atoms with Gasteiger partial charge in [0.1, 0.15) is 23.8 Å². The molecule has 0 bridgehead atoms. The first-order valence-electron chi connectivity index (χ1n) is 9.27. The zero-order chi connectivity index (χ0) is 20.2. The third kappa shape index (κ3) is 4.27. The number of aromatic nitrogens is 2. The summed E-state index contributed by atoms with van der Waals surface area (Å²) in [4.78, 5) is 16.8. The van der Waals surface area contributed by atoms with Gasteiger partial charge in [0, 0.05) is 35.8 Å². The lowest BCUT2D eigenvalue weighted by atomic mass is 10.2. The van der Waals surface area contributed by atoms with E-state index in [9.17, 15) is 9.18 Å². The van der Waals surface area contributed by atoms with Crippen LogP contribution in [-0.4, -0.2) is 15.3 Å². The average Bonchev–Trinajstić information content (AvgIpc) is 3.12. The number of carbonyl (C=O) groups excluding carboxylic acids is 1. The van der Waals surface area contributed by atoms with Crippen LogP contribution in [0.25, 0.3) is 5.65 Å². The molecule has 0 unspecified atom stereocenters. The molecule has 0 atom stereocenters. The molecule has 6 heteroatoms. The number of hydrogen-bond acceptors (Lipinski definition) is 3. The van der Waals surface area contributed by atoms with Crippen molar-refractivity contribution in [2.75, 3.05) is 0 Å². The average molecular weight is 389 g/mol. The second-order valence-electron chi connectivity index (χ2n) is 6.75. The Hall–Kier alpha value is -3.67. The number of fused-ring (bicyclic) bond motifs is 1. The first-order valence-corrected chi connectivity index (χ1v) is 9.27. The lowest BCUT2D eigenvalue weighted by Gasteiger charge is -2.10. The molecule has 4 aromatic rings. The van der Waals surface area contributed by atoms with E-state index in [-0.39, 0.29) is 18.3 Å². The molecule has 5 nitrogen and oxygen atoms in total. The summed E-state index contributed by atoms with van der Waals surface area (Å²) in [6.07, 6.45) is 3.60. The van der Waals surface area contributed by atoms with Gasteiger partial charge in [-0.1, -0.05) is 30.3 Å². The Morgan fingerprint density at radius 2 is 2.00 bits per heavy atom. The van der Waals surface area contributed by atoms with E-state index in [0.29, 0.717) is 23.4 Å². The number of pyridine rings is 1. The highest BCUT2D eigenvalue weighted by atomic mass is 19.1. The van der Waals surface area contributed by atoms with Gasteiger partial charge in [-0.3, -0.25) is 4.79 Å². The van der Waals surface area contributed by atoms with Crippen LogP contribution in [0.1, 0.15) is 27.2 Å². The number of nitrogens with one attached hydrogen (secondary N) is 1. The van der Waals surface area contributed by atoms with Gasteiger partial charge in [-0.2, -0.15) is 0 Å². The van der Waals surface area contributed by atoms with E-state index in [1.165, 1.54) is 6.07 Å². The summed E-state index contributed by atoms with van der Waals surface area (Å²) in [6, 6.07) is 17.4. The van der Waals surface area contributed by atoms with E-state index >= 15 is 0 Å². The molecule has 146 valence electrons. The molecule has 0 radical (unpaired) electrons. The third-order valence-corrected chi connectivity index (χ3v) is 4.66. The van der Waals surface area contributed by atoms with Gasteiger partial charge in [-0.15, -0.1) is 0 Å². The van der Waals surface area contributed by atoms with Crippen molar-refractivity contribution in [1.29, 1.82) is 0 Å². The topological polar surface area (TPSA) is 55.6 Å². The summed E-state index contributed by atoms with van der Waals surface area (Å²) >= 11 is 0. The molecule has 0 aliphatic carbocycles. The van der Waals surface area contributed by atoms with Crippen LogP contribution < -0.4 is 10.1 Å².